The van der Waals surface area contributed by atoms with Gasteiger partial charge >= 0.3 is 5.97 Å². The topological polar surface area (TPSA) is 81.8 Å². The maximum Gasteiger partial charge on any atom is 0.363 e. The van der Waals surface area contributed by atoms with Crippen molar-refractivity contribution in [2.45, 2.75) is 6.92 Å². The zero-order valence-electron chi connectivity index (χ0n) is 12.8. The number of halogens is 2. The van der Waals surface area contributed by atoms with E-state index < -0.39 is 10.9 Å². The fraction of sp³-hybridized carbons (Fsp3) is 0.0588. The van der Waals surface area contributed by atoms with Crippen molar-refractivity contribution in [2.75, 3.05) is 0 Å². The van der Waals surface area contributed by atoms with Gasteiger partial charge in [-0.2, -0.15) is 0 Å². The van der Waals surface area contributed by atoms with E-state index in [1.807, 2.05) is 0 Å². The van der Waals surface area contributed by atoms with Gasteiger partial charge in [0.1, 0.15) is 0 Å². The van der Waals surface area contributed by atoms with E-state index in [0.717, 1.165) is 0 Å². The number of carbonyl (C=O) groups is 1. The van der Waals surface area contributed by atoms with E-state index in [0.29, 0.717) is 26.7 Å². The minimum atomic E-state index is -0.646. The van der Waals surface area contributed by atoms with E-state index in [1.54, 1.807) is 31.2 Å². The SMILES string of the molecule is Cc1c(C2=NC(=Cc3ccc(Cl)c(Cl)c3)C(=O)O2)cccc1[N+](=O)[O-]. The Labute approximate surface area is 152 Å². The van der Waals surface area contributed by atoms with Gasteiger partial charge in [0.2, 0.25) is 5.90 Å². The number of nitro groups is 1. The molecule has 0 unspecified atom stereocenters. The van der Waals surface area contributed by atoms with Gasteiger partial charge in [-0.3, -0.25) is 10.1 Å². The van der Waals surface area contributed by atoms with Gasteiger partial charge in [-0.1, -0.05) is 35.3 Å². The van der Waals surface area contributed by atoms with Crippen LogP contribution >= 0.6 is 23.2 Å². The van der Waals surface area contributed by atoms with Crippen LogP contribution in [0.3, 0.4) is 0 Å². The van der Waals surface area contributed by atoms with Crippen LogP contribution in [-0.4, -0.2) is 16.8 Å². The van der Waals surface area contributed by atoms with Crippen molar-refractivity contribution in [1.29, 1.82) is 0 Å². The summed E-state index contributed by atoms with van der Waals surface area (Å²) in [5.41, 5.74) is 1.38. The summed E-state index contributed by atoms with van der Waals surface area (Å²) >= 11 is 11.8. The predicted molar refractivity (Wildman–Crippen MR) is 94.9 cm³/mol. The van der Waals surface area contributed by atoms with E-state index in [4.69, 9.17) is 27.9 Å². The molecule has 3 rings (SSSR count). The minimum absolute atomic E-state index is 0.0255. The second-order valence-electron chi connectivity index (χ2n) is 5.22. The monoisotopic (exact) mass is 376 g/mol. The van der Waals surface area contributed by atoms with E-state index in [2.05, 4.69) is 4.99 Å². The average molecular weight is 377 g/mol. The van der Waals surface area contributed by atoms with Gasteiger partial charge in [-0.15, -0.1) is 0 Å². The third-order valence-electron chi connectivity index (χ3n) is 3.60. The van der Waals surface area contributed by atoms with E-state index in [1.165, 1.54) is 18.2 Å². The molecule has 0 saturated heterocycles. The third-order valence-corrected chi connectivity index (χ3v) is 4.34. The summed E-state index contributed by atoms with van der Waals surface area (Å²) in [5.74, 6) is -0.621. The molecule has 8 heteroatoms. The van der Waals surface area contributed by atoms with E-state index in [9.17, 15) is 14.9 Å². The lowest BCUT2D eigenvalue weighted by Crippen LogP contribution is -2.08. The quantitative estimate of drug-likeness (QED) is 0.340. The smallest absolute Gasteiger partial charge is 0.363 e. The van der Waals surface area contributed by atoms with Crippen LogP contribution in [-0.2, 0) is 9.53 Å². The molecule has 6 nitrogen and oxygen atoms in total. The van der Waals surface area contributed by atoms with Gasteiger partial charge in [-0.05, 0) is 36.8 Å². The van der Waals surface area contributed by atoms with Crippen LogP contribution in [0.4, 0.5) is 5.69 Å². The Kier molecular flexibility index (Phi) is 4.57. The standard InChI is InChI=1S/C17H10Cl2N2O4/c1-9-11(3-2-4-15(9)21(23)24)16-20-14(17(22)25-16)8-10-5-6-12(18)13(19)7-10/h2-8H,1H3. The first-order valence-electron chi connectivity index (χ1n) is 7.09. The average Bonchev–Trinajstić information content (AvgIpc) is 2.91. The highest BCUT2D eigenvalue weighted by Crippen LogP contribution is 2.27. The molecule has 126 valence electrons. The Bertz CT molecular complexity index is 967. The van der Waals surface area contributed by atoms with Crippen LogP contribution in [0.15, 0.2) is 47.1 Å². The molecule has 1 aliphatic rings. The number of rotatable bonds is 3. The first-order valence-corrected chi connectivity index (χ1v) is 7.84. The summed E-state index contributed by atoms with van der Waals surface area (Å²) < 4.78 is 5.16. The molecular weight excluding hydrogens is 367 g/mol. The number of cyclic esters (lactones) is 1. The molecule has 0 spiro atoms. The molecule has 0 aliphatic carbocycles. The first-order chi connectivity index (χ1) is 11.9. The molecule has 0 bridgehead atoms. The van der Waals surface area contributed by atoms with Crippen LogP contribution < -0.4 is 0 Å². The molecule has 0 radical (unpaired) electrons. The molecule has 1 heterocycles. The summed E-state index contributed by atoms with van der Waals surface area (Å²) in [6.45, 7) is 1.57. The largest absolute Gasteiger partial charge is 0.402 e. The second-order valence-corrected chi connectivity index (χ2v) is 6.03. The highest BCUT2D eigenvalue weighted by Gasteiger charge is 2.27. The van der Waals surface area contributed by atoms with Gasteiger partial charge in [0.25, 0.3) is 5.69 Å². The molecule has 25 heavy (non-hydrogen) atoms. The lowest BCUT2D eigenvalue weighted by Gasteiger charge is -2.04. The molecular formula is C17H10Cl2N2O4. The maximum atomic E-state index is 12.0. The van der Waals surface area contributed by atoms with Crippen molar-refractivity contribution in [2.24, 2.45) is 4.99 Å². The maximum absolute atomic E-state index is 12.0. The Hall–Kier alpha value is -2.70. The van der Waals surface area contributed by atoms with Crippen molar-refractivity contribution in [3.8, 4) is 0 Å². The highest BCUT2D eigenvalue weighted by molar-refractivity contribution is 6.42. The molecule has 0 fully saturated rings. The van der Waals surface area contributed by atoms with E-state index >= 15 is 0 Å². The highest BCUT2D eigenvalue weighted by atomic mass is 35.5. The molecule has 2 aromatic carbocycles. The Morgan fingerprint density at radius 1 is 1.20 bits per heavy atom. The van der Waals surface area contributed by atoms with Crippen molar-refractivity contribution >= 4 is 46.8 Å². The van der Waals surface area contributed by atoms with Crippen LogP contribution in [0.2, 0.25) is 10.0 Å². The van der Waals surface area contributed by atoms with Crippen molar-refractivity contribution in [3.63, 3.8) is 0 Å². The number of aliphatic imine (C=N–C) groups is 1. The number of nitro benzene ring substituents is 1. The molecule has 1 aliphatic heterocycles. The Balaban J connectivity index is 2.01. The zero-order valence-corrected chi connectivity index (χ0v) is 14.3. The summed E-state index contributed by atoms with van der Waals surface area (Å²) in [6.07, 6.45) is 1.50. The van der Waals surface area contributed by atoms with Gasteiger partial charge in [0.15, 0.2) is 5.70 Å². The fourth-order valence-electron chi connectivity index (χ4n) is 2.34. The van der Waals surface area contributed by atoms with Gasteiger partial charge in [0, 0.05) is 17.2 Å². The number of ether oxygens (including phenoxy) is 1. The summed E-state index contributed by atoms with van der Waals surface area (Å²) in [6, 6.07) is 9.37. The lowest BCUT2D eigenvalue weighted by molar-refractivity contribution is -0.385. The van der Waals surface area contributed by atoms with Crippen molar-refractivity contribution < 1.29 is 14.5 Å². The molecule has 0 atom stereocenters. The van der Waals surface area contributed by atoms with Crippen LogP contribution in [0, 0.1) is 17.0 Å². The van der Waals surface area contributed by atoms with Gasteiger partial charge < -0.3 is 4.74 Å². The molecule has 0 aromatic heterocycles. The lowest BCUT2D eigenvalue weighted by atomic mass is 10.1. The van der Waals surface area contributed by atoms with Crippen LogP contribution in [0.1, 0.15) is 16.7 Å². The summed E-state index contributed by atoms with van der Waals surface area (Å²) in [7, 11) is 0. The first kappa shape index (κ1) is 17.1. The van der Waals surface area contributed by atoms with Gasteiger partial charge in [0.05, 0.1) is 15.0 Å². The predicted octanol–water partition coefficient (Wildman–Crippen LogP) is 4.55. The number of nitrogens with zero attached hydrogens (tertiary/aromatic N) is 2. The summed E-state index contributed by atoms with van der Waals surface area (Å²) in [4.78, 5) is 26.7. The number of carbonyl (C=O) groups excluding carboxylic acids is 1. The molecule has 0 saturated carbocycles. The van der Waals surface area contributed by atoms with Crippen LogP contribution in [0.5, 0.6) is 0 Å². The van der Waals surface area contributed by atoms with Crippen molar-refractivity contribution in [3.05, 3.63) is 78.9 Å². The molecule has 0 N–H and O–H groups in total. The number of hydrogen-bond donors (Lipinski definition) is 0. The number of hydrogen-bond acceptors (Lipinski definition) is 5. The minimum Gasteiger partial charge on any atom is -0.402 e. The Morgan fingerprint density at radius 3 is 2.64 bits per heavy atom. The normalized spacial score (nSPS) is 15.2. The second kappa shape index (κ2) is 6.66. The van der Waals surface area contributed by atoms with Crippen LogP contribution in [0.25, 0.3) is 6.08 Å². The number of benzene rings is 2. The fourth-order valence-corrected chi connectivity index (χ4v) is 2.64. The van der Waals surface area contributed by atoms with E-state index in [-0.39, 0.29) is 17.3 Å². The number of esters is 1. The summed E-state index contributed by atoms with van der Waals surface area (Å²) in [5, 5.41) is 11.8. The molecule has 2 aromatic rings. The zero-order chi connectivity index (χ0) is 18.1. The molecule has 0 amide bonds. The Morgan fingerprint density at radius 2 is 1.96 bits per heavy atom. The van der Waals surface area contributed by atoms with Gasteiger partial charge in [-0.25, -0.2) is 9.79 Å². The van der Waals surface area contributed by atoms with Crippen molar-refractivity contribution in [1.82, 2.24) is 0 Å². The third kappa shape index (κ3) is 3.40.